The zero-order valence-electron chi connectivity index (χ0n) is 10.5. The Balaban J connectivity index is 2.13. The normalized spacial score (nSPS) is 12.2. The summed E-state index contributed by atoms with van der Waals surface area (Å²) in [6.07, 6.45) is 3.38. The van der Waals surface area contributed by atoms with Crippen molar-refractivity contribution in [3.05, 3.63) is 53.6 Å². The molecule has 1 unspecified atom stereocenters. The van der Waals surface area contributed by atoms with Crippen molar-refractivity contribution in [2.75, 3.05) is 0 Å². The minimum atomic E-state index is -1.04. The second-order valence-corrected chi connectivity index (χ2v) is 4.22. The summed E-state index contributed by atoms with van der Waals surface area (Å²) in [4.78, 5) is 16.0. The highest BCUT2D eigenvalue weighted by atomic mass is 19.2. The fraction of sp³-hybridized carbons (Fsp3) is 0.231. The summed E-state index contributed by atoms with van der Waals surface area (Å²) in [5.41, 5.74) is 0.0694. The van der Waals surface area contributed by atoms with Gasteiger partial charge in [-0.25, -0.2) is 13.8 Å². The molecule has 2 rings (SSSR count). The highest BCUT2D eigenvalue weighted by molar-refractivity contribution is 5.94. The molecule has 1 aromatic heterocycles. The molecule has 0 saturated carbocycles. The van der Waals surface area contributed by atoms with E-state index in [0.717, 1.165) is 12.1 Å². The van der Waals surface area contributed by atoms with Gasteiger partial charge < -0.3 is 9.88 Å². The lowest BCUT2D eigenvalue weighted by atomic mass is 10.2. The Labute approximate surface area is 109 Å². The zero-order chi connectivity index (χ0) is 14.0. The van der Waals surface area contributed by atoms with E-state index in [1.807, 2.05) is 7.05 Å². The van der Waals surface area contributed by atoms with Crippen LogP contribution in [0.2, 0.25) is 0 Å². The molecule has 1 aromatic carbocycles. The van der Waals surface area contributed by atoms with Crippen molar-refractivity contribution in [3.8, 4) is 0 Å². The molecule has 0 aliphatic heterocycles. The number of amides is 1. The number of rotatable bonds is 3. The van der Waals surface area contributed by atoms with Crippen molar-refractivity contribution in [3.63, 3.8) is 0 Å². The number of halogens is 2. The van der Waals surface area contributed by atoms with Gasteiger partial charge in [-0.15, -0.1) is 0 Å². The van der Waals surface area contributed by atoms with Crippen LogP contribution in [-0.2, 0) is 7.05 Å². The Kier molecular flexibility index (Phi) is 3.59. The Morgan fingerprint density at radius 3 is 2.68 bits per heavy atom. The second kappa shape index (κ2) is 5.17. The smallest absolute Gasteiger partial charge is 0.251 e. The largest absolute Gasteiger partial charge is 0.342 e. The average Bonchev–Trinajstić information content (AvgIpc) is 2.79. The van der Waals surface area contributed by atoms with Crippen molar-refractivity contribution in [2.45, 2.75) is 13.0 Å². The molecule has 19 heavy (non-hydrogen) atoms. The number of carbonyl (C=O) groups is 1. The van der Waals surface area contributed by atoms with Crippen LogP contribution < -0.4 is 5.32 Å². The maximum absolute atomic E-state index is 13.0. The van der Waals surface area contributed by atoms with Crippen LogP contribution in [0.25, 0.3) is 0 Å². The summed E-state index contributed by atoms with van der Waals surface area (Å²) in [6.45, 7) is 1.76. The number of hydrogen-bond donors (Lipinski definition) is 1. The SMILES string of the molecule is CC(NC(=O)c1ccc(F)c(F)c1)c1nccn1C. The number of benzene rings is 1. The molecule has 100 valence electrons. The molecule has 1 amide bonds. The Morgan fingerprint density at radius 2 is 2.11 bits per heavy atom. The van der Waals surface area contributed by atoms with E-state index in [0.29, 0.717) is 5.82 Å². The van der Waals surface area contributed by atoms with Crippen molar-refractivity contribution in [1.29, 1.82) is 0 Å². The highest BCUT2D eigenvalue weighted by Crippen LogP contribution is 2.12. The predicted octanol–water partition coefficient (Wildman–Crippen LogP) is 2.19. The van der Waals surface area contributed by atoms with Crippen molar-refractivity contribution in [1.82, 2.24) is 14.9 Å². The van der Waals surface area contributed by atoms with Crippen LogP contribution in [-0.4, -0.2) is 15.5 Å². The maximum Gasteiger partial charge on any atom is 0.251 e. The number of hydrogen-bond acceptors (Lipinski definition) is 2. The number of carbonyl (C=O) groups excluding carboxylic acids is 1. The van der Waals surface area contributed by atoms with Gasteiger partial charge in [-0.3, -0.25) is 4.79 Å². The predicted molar refractivity (Wildman–Crippen MR) is 65.4 cm³/mol. The lowest BCUT2D eigenvalue weighted by Crippen LogP contribution is -2.28. The molecule has 6 heteroatoms. The zero-order valence-corrected chi connectivity index (χ0v) is 10.5. The molecule has 0 fully saturated rings. The summed E-state index contributed by atoms with van der Waals surface area (Å²) < 4.78 is 27.6. The lowest BCUT2D eigenvalue weighted by molar-refractivity contribution is 0.0937. The summed E-state index contributed by atoms with van der Waals surface area (Å²) in [5.74, 6) is -1.82. The Bertz CT molecular complexity index is 610. The van der Waals surface area contributed by atoms with Crippen LogP contribution in [0.15, 0.2) is 30.6 Å². The molecule has 2 aromatic rings. The molecule has 4 nitrogen and oxygen atoms in total. The van der Waals surface area contributed by atoms with E-state index in [1.165, 1.54) is 6.07 Å². The quantitative estimate of drug-likeness (QED) is 0.924. The fourth-order valence-electron chi connectivity index (χ4n) is 1.78. The van der Waals surface area contributed by atoms with Crippen LogP contribution >= 0.6 is 0 Å². The molecule has 0 spiro atoms. The molecule has 1 atom stereocenters. The van der Waals surface area contributed by atoms with E-state index in [4.69, 9.17) is 0 Å². The van der Waals surface area contributed by atoms with Gasteiger partial charge in [-0.05, 0) is 25.1 Å². The van der Waals surface area contributed by atoms with Crippen LogP contribution in [0.3, 0.4) is 0 Å². The molecular weight excluding hydrogens is 252 g/mol. The van der Waals surface area contributed by atoms with Gasteiger partial charge in [0.1, 0.15) is 5.82 Å². The first-order valence-electron chi connectivity index (χ1n) is 5.72. The van der Waals surface area contributed by atoms with E-state index in [9.17, 15) is 13.6 Å². The standard InChI is InChI=1S/C13H13F2N3O/c1-8(12-16-5-6-18(12)2)17-13(19)9-3-4-10(14)11(15)7-9/h3-8H,1-2H3,(H,17,19). The van der Waals surface area contributed by atoms with Crippen LogP contribution in [0.1, 0.15) is 29.1 Å². The summed E-state index contributed by atoms with van der Waals surface area (Å²) >= 11 is 0. The van der Waals surface area contributed by atoms with E-state index < -0.39 is 17.5 Å². The van der Waals surface area contributed by atoms with Gasteiger partial charge in [0.2, 0.25) is 0 Å². The van der Waals surface area contributed by atoms with Crippen molar-refractivity contribution in [2.24, 2.45) is 7.05 Å². The average molecular weight is 265 g/mol. The number of nitrogens with zero attached hydrogens (tertiary/aromatic N) is 2. The molecule has 0 radical (unpaired) electrons. The van der Waals surface area contributed by atoms with Crippen LogP contribution in [0.5, 0.6) is 0 Å². The maximum atomic E-state index is 13.0. The first-order valence-corrected chi connectivity index (χ1v) is 5.72. The van der Waals surface area contributed by atoms with E-state index in [1.54, 1.807) is 23.9 Å². The fourth-order valence-corrected chi connectivity index (χ4v) is 1.78. The molecule has 0 saturated heterocycles. The van der Waals surface area contributed by atoms with Gasteiger partial charge >= 0.3 is 0 Å². The summed E-state index contributed by atoms with van der Waals surface area (Å²) in [7, 11) is 1.81. The number of aromatic nitrogens is 2. The topological polar surface area (TPSA) is 46.9 Å². The van der Waals surface area contributed by atoms with Gasteiger partial charge in [-0.1, -0.05) is 0 Å². The van der Waals surface area contributed by atoms with Gasteiger partial charge in [0.25, 0.3) is 5.91 Å². The molecule has 0 bridgehead atoms. The van der Waals surface area contributed by atoms with Gasteiger partial charge in [0, 0.05) is 25.0 Å². The number of imidazole rings is 1. The first kappa shape index (κ1) is 13.2. The summed E-state index contributed by atoms with van der Waals surface area (Å²) in [5, 5.41) is 2.67. The monoisotopic (exact) mass is 265 g/mol. The first-order chi connectivity index (χ1) is 8.99. The second-order valence-electron chi connectivity index (χ2n) is 4.22. The van der Waals surface area contributed by atoms with Crippen LogP contribution in [0.4, 0.5) is 8.78 Å². The van der Waals surface area contributed by atoms with E-state index in [-0.39, 0.29) is 11.6 Å². The third-order valence-electron chi connectivity index (χ3n) is 2.78. The third kappa shape index (κ3) is 2.78. The van der Waals surface area contributed by atoms with Crippen molar-refractivity contribution >= 4 is 5.91 Å². The Morgan fingerprint density at radius 1 is 1.37 bits per heavy atom. The number of nitrogens with one attached hydrogen (secondary N) is 1. The van der Waals surface area contributed by atoms with Crippen LogP contribution in [0, 0.1) is 11.6 Å². The molecular formula is C13H13F2N3O. The molecule has 1 N–H and O–H groups in total. The molecule has 1 heterocycles. The van der Waals surface area contributed by atoms with E-state index in [2.05, 4.69) is 10.3 Å². The lowest BCUT2D eigenvalue weighted by Gasteiger charge is -2.13. The molecule has 0 aliphatic carbocycles. The highest BCUT2D eigenvalue weighted by Gasteiger charge is 2.15. The number of aryl methyl sites for hydroxylation is 1. The van der Waals surface area contributed by atoms with Gasteiger partial charge in [-0.2, -0.15) is 0 Å². The summed E-state index contributed by atoms with van der Waals surface area (Å²) in [6, 6.07) is 2.70. The van der Waals surface area contributed by atoms with E-state index >= 15 is 0 Å². The third-order valence-corrected chi connectivity index (χ3v) is 2.78. The minimum Gasteiger partial charge on any atom is -0.342 e. The van der Waals surface area contributed by atoms with Crippen molar-refractivity contribution < 1.29 is 13.6 Å². The minimum absolute atomic E-state index is 0.0694. The van der Waals surface area contributed by atoms with Gasteiger partial charge in [0.15, 0.2) is 11.6 Å². The Hall–Kier alpha value is -2.24. The van der Waals surface area contributed by atoms with Gasteiger partial charge in [0.05, 0.1) is 6.04 Å². The molecule has 0 aliphatic rings.